The van der Waals surface area contributed by atoms with Crippen molar-refractivity contribution in [3.63, 3.8) is 0 Å². The lowest BCUT2D eigenvalue weighted by atomic mass is 10.00. The minimum atomic E-state index is -0.625. The zero-order valence-corrected chi connectivity index (χ0v) is 14.3. The van der Waals surface area contributed by atoms with Crippen molar-refractivity contribution in [3.05, 3.63) is 71.0 Å². The van der Waals surface area contributed by atoms with Gasteiger partial charge in [-0.1, -0.05) is 54.1 Å². The molecule has 128 valence electrons. The van der Waals surface area contributed by atoms with E-state index >= 15 is 0 Å². The van der Waals surface area contributed by atoms with Crippen LogP contribution in [0, 0.1) is 0 Å². The molecule has 0 aliphatic rings. The van der Waals surface area contributed by atoms with E-state index < -0.39 is 5.97 Å². The molecule has 1 amide bonds. The Bertz CT molecular complexity index is 914. The van der Waals surface area contributed by atoms with Gasteiger partial charge in [-0.3, -0.25) is 4.79 Å². The van der Waals surface area contributed by atoms with Crippen LogP contribution in [-0.2, 0) is 9.53 Å². The molecule has 0 bridgehead atoms. The molecule has 0 saturated carbocycles. The number of rotatable bonds is 5. The van der Waals surface area contributed by atoms with E-state index in [2.05, 4.69) is 10.3 Å². The standard InChI is InChI=1S/C19H17ClN2O3/c1-12(15-8-4-6-13-5-2-3-7-16(13)15)22-18(23)11-25-19(24)17-9-14(20)10-21-17/h2-10,12,21H,11H2,1H3,(H,22,23). The highest BCUT2D eigenvalue weighted by Crippen LogP contribution is 2.23. The number of hydrogen-bond acceptors (Lipinski definition) is 3. The van der Waals surface area contributed by atoms with Crippen molar-refractivity contribution < 1.29 is 14.3 Å². The maximum absolute atomic E-state index is 12.1. The quantitative estimate of drug-likeness (QED) is 0.682. The van der Waals surface area contributed by atoms with Gasteiger partial charge >= 0.3 is 5.97 Å². The average Bonchev–Trinajstić information content (AvgIpc) is 3.05. The van der Waals surface area contributed by atoms with Gasteiger partial charge in [0.2, 0.25) is 0 Å². The smallest absolute Gasteiger partial charge is 0.355 e. The molecule has 1 unspecified atom stereocenters. The van der Waals surface area contributed by atoms with Crippen molar-refractivity contribution in [1.82, 2.24) is 10.3 Å². The van der Waals surface area contributed by atoms with Crippen molar-refractivity contribution in [2.24, 2.45) is 0 Å². The highest BCUT2D eigenvalue weighted by Gasteiger charge is 2.15. The molecule has 1 heterocycles. The van der Waals surface area contributed by atoms with Crippen LogP contribution in [0.5, 0.6) is 0 Å². The summed E-state index contributed by atoms with van der Waals surface area (Å²) in [7, 11) is 0. The number of benzene rings is 2. The molecule has 3 aromatic rings. The molecule has 25 heavy (non-hydrogen) atoms. The lowest BCUT2D eigenvalue weighted by Gasteiger charge is -2.16. The third-order valence-electron chi connectivity index (χ3n) is 3.87. The summed E-state index contributed by atoms with van der Waals surface area (Å²) in [6.45, 7) is 1.54. The number of amides is 1. The second kappa shape index (κ2) is 7.40. The van der Waals surface area contributed by atoms with Gasteiger partial charge < -0.3 is 15.0 Å². The van der Waals surface area contributed by atoms with Crippen LogP contribution in [0.25, 0.3) is 10.8 Å². The third-order valence-corrected chi connectivity index (χ3v) is 4.09. The van der Waals surface area contributed by atoms with Crippen molar-refractivity contribution in [2.75, 3.05) is 6.61 Å². The van der Waals surface area contributed by atoms with Gasteiger partial charge in [-0.2, -0.15) is 0 Å². The summed E-state index contributed by atoms with van der Waals surface area (Å²) in [4.78, 5) is 26.6. The SMILES string of the molecule is CC(NC(=O)COC(=O)c1cc(Cl)c[nH]1)c1cccc2ccccc12. The molecule has 0 saturated heterocycles. The van der Waals surface area contributed by atoms with Crippen molar-refractivity contribution >= 4 is 34.2 Å². The second-order valence-electron chi connectivity index (χ2n) is 5.67. The number of aromatic amines is 1. The molecular weight excluding hydrogens is 340 g/mol. The minimum Gasteiger partial charge on any atom is -0.451 e. The molecule has 0 radical (unpaired) electrons. The van der Waals surface area contributed by atoms with E-state index in [4.69, 9.17) is 16.3 Å². The average molecular weight is 357 g/mol. The topological polar surface area (TPSA) is 71.2 Å². The van der Waals surface area contributed by atoms with Crippen LogP contribution in [0.1, 0.15) is 29.0 Å². The molecule has 5 nitrogen and oxygen atoms in total. The van der Waals surface area contributed by atoms with Crippen LogP contribution in [0.4, 0.5) is 0 Å². The predicted molar refractivity (Wildman–Crippen MR) is 96.6 cm³/mol. The van der Waals surface area contributed by atoms with E-state index in [9.17, 15) is 9.59 Å². The Kier molecular flexibility index (Phi) is 5.05. The highest BCUT2D eigenvalue weighted by atomic mass is 35.5. The first kappa shape index (κ1) is 17.0. The van der Waals surface area contributed by atoms with Crippen LogP contribution in [0.2, 0.25) is 5.02 Å². The number of carbonyl (C=O) groups is 2. The third kappa shape index (κ3) is 4.00. The van der Waals surface area contributed by atoms with E-state index in [-0.39, 0.29) is 24.2 Å². The first-order chi connectivity index (χ1) is 12.0. The Hall–Kier alpha value is -2.79. The zero-order valence-electron chi connectivity index (χ0n) is 13.6. The van der Waals surface area contributed by atoms with E-state index in [1.807, 2.05) is 49.4 Å². The molecule has 3 rings (SSSR count). The van der Waals surface area contributed by atoms with Crippen molar-refractivity contribution in [3.8, 4) is 0 Å². The number of ether oxygens (including phenoxy) is 1. The number of esters is 1. The molecule has 0 fully saturated rings. The Morgan fingerprint density at radius 3 is 2.72 bits per heavy atom. The lowest BCUT2D eigenvalue weighted by molar-refractivity contribution is -0.124. The highest BCUT2D eigenvalue weighted by molar-refractivity contribution is 6.30. The Morgan fingerprint density at radius 1 is 1.20 bits per heavy atom. The van der Waals surface area contributed by atoms with Gasteiger partial charge in [-0.05, 0) is 29.3 Å². The van der Waals surface area contributed by atoms with E-state index in [0.717, 1.165) is 16.3 Å². The first-order valence-corrected chi connectivity index (χ1v) is 8.20. The number of nitrogens with one attached hydrogen (secondary N) is 2. The van der Waals surface area contributed by atoms with Crippen LogP contribution >= 0.6 is 11.6 Å². The Labute approximate surface area is 149 Å². The van der Waals surface area contributed by atoms with Gasteiger partial charge in [0, 0.05) is 6.20 Å². The van der Waals surface area contributed by atoms with Gasteiger partial charge in [0.1, 0.15) is 5.69 Å². The maximum atomic E-state index is 12.1. The fourth-order valence-electron chi connectivity index (χ4n) is 2.68. The zero-order chi connectivity index (χ0) is 17.8. The molecule has 0 aliphatic carbocycles. The number of H-pyrrole nitrogens is 1. The molecule has 2 aromatic carbocycles. The van der Waals surface area contributed by atoms with Gasteiger partial charge in [0.25, 0.3) is 5.91 Å². The van der Waals surface area contributed by atoms with Crippen molar-refractivity contribution in [2.45, 2.75) is 13.0 Å². The van der Waals surface area contributed by atoms with Gasteiger partial charge in [-0.25, -0.2) is 4.79 Å². The van der Waals surface area contributed by atoms with Crippen LogP contribution in [0.15, 0.2) is 54.7 Å². The molecule has 0 aliphatic heterocycles. The summed E-state index contributed by atoms with van der Waals surface area (Å²) in [6, 6.07) is 15.2. The first-order valence-electron chi connectivity index (χ1n) is 7.82. The molecule has 1 atom stereocenters. The number of aromatic nitrogens is 1. The number of fused-ring (bicyclic) bond motifs is 1. The largest absolute Gasteiger partial charge is 0.451 e. The number of hydrogen-bond donors (Lipinski definition) is 2. The number of halogens is 1. The monoisotopic (exact) mass is 356 g/mol. The maximum Gasteiger partial charge on any atom is 0.355 e. The van der Waals surface area contributed by atoms with Gasteiger partial charge in [0.05, 0.1) is 11.1 Å². The Morgan fingerprint density at radius 2 is 1.96 bits per heavy atom. The molecule has 2 N–H and O–H groups in total. The van der Waals surface area contributed by atoms with Gasteiger partial charge in [0.15, 0.2) is 6.61 Å². The van der Waals surface area contributed by atoms with Crippen LogP contribution in [-0.4, -0.2) is 23.5 Å². The molecular formula is C19H17ClN2O3. The van der Waals surface area contributed by atoms with Crippen LogP contribution in [0.3, 0.4) is 0 Å². The second-order valence-corrected chi connectivity index (χ2v) is 6.10. The van der Waals surface area contributed by atoms with E-state index in [1.54, 1.807) is 0 Å². The number of carbonyl (C=O) groups excluding carboxylic acids is 2. The van der Waals surface area contributed by atoms with Crippen LogP contribution < -0.4 is 5.32 Å². The summed E-state index contributed by atoms with van der Waals surface area (Å²) in [5.74, 6) is -0.994. The Balaban J connectivity index is 1.61. The molecule has 1 aromatic heterocycles. The van der Waals surface area contributed by atoms with Crippen molar-refractivity contribution in [1.29, 1.82) is 0 Å². The summed E-state index contributed by atoms with van der Waals surface area (Å²) < 4.78 is 4.99. The summed E-state index contributed by atoms with van der Waals surface area (Å²) in [5, 5.41) is 5.44. The molecule has 0 spiro atoms. The van der Waals surface area contributed by atoms with E-state index in [1.165, 1.54) is 12.3 Å². The summed E-state index contributed by atoms with van der Waals surface area (Å²) in [5.41, 5.74) is 1.22. The minimum absolute atomic E-state index is 0.208. The normalized spacial score (nSPS) is 11.9. The van der Waals surface area contributed by atoms with E-state index in [0.29, 0.717) is 5.02 Å². The fourth-order valence-corrected chi connectivity index (χ4v) is 2.85. The summed E-state index contributed by atoms with van der Waals surface area (Å²) >= 11 is 5.73. The fraction of sp³-hybridized carbons (Fsp3) is 0.158. The molecule has 6 heteroatoms. The van der Waals surface area contributed by atoms with Gasteiger partial charge in [-0.15, -0.1) is 0 Å². The predicted octanol–water partition coefficient (Wildman–Crippen LogP) is 3.86. The lowest BCUT2D eigenvalue weighted by Crippen LogP contribution is -2.31. The summed E-state index contributed by atoms with van der Waals surface area (Å²) in [6.07, 6.45) is 1.47.